The minimum atomic E-state index is -1.68. The Balaban J connectivity index is 1.83. The highest BCUT2D eigenvalue weighted by Gasteiger charge is 2.69. The van der Waals surface area contributed by atoms with Crippen molar-refractivity contribution < 1.29 is 38.8 Å². The monoisotopic (exact) mass is 450 g/mol. The van der Waals surface area contributed by atoms with E-state index in [1.165, 1.54) is 19.9 Å². The Morgan fingerprint density at radius 3 is 2.38 bits per heavy atom. The number of esters is 3. The summed E-state index contributed by atoms with van der Waals surface area (Å²) in [7, 11) is 0. The van der Waals surface area contributed by atoms with Crippen molar-refractivity contribution in [2.45, 2.75) is 84.9 Å². The van der Waals surface area contributed by atoms with Gasteiger partial charge in [0.25, 0.3) is 0 Å². The van der Waals surface area contributed by atoms with Crippen molar-refractivity contribution in [2.75, 3.05) is 0 Å². The zero-order valence-corrected chi connectivity index (χ0v) is 19.6. The molecule has 1 aliphatic heterocycles. The van der Waals surface area contributed by atoms with Crippen molar-refractivity contribution in [3.05, 3.63) is 11.6 Å². The number of carbonyl (C=O) groups excluding carboxylic acids is 3. The first-order chi connectivity index (χ1) is 14.7. The Morgan fingerprint density at radius 1 is 1.16 bits per heavy atom. The number of fused-ring (bicyclic) bond motifs is 4. The minimum absolute atomic E-state index is 0.171. The predicted octanol–water partition coefficient (Wildman–Crippen LogP) is 2.11. The van der Waals surface area contributed by atoms with Gasteiger partial charge in [0.15, 0.2) is 0 Å². The maximum atomic E-state index is 12.1. The molecule has 3 aliphatic carbocycles. The lowest BCUT2D eigenvalue weighted by atomic mass is 9.41. The summed E-state index contributed by atoms with van der Waals surface area (Å²) in [5.74, 6) is -4.35. The number of hydrogen-bond donors (Lipinski definition) is 2. The quantitative estimate of drug-likeness (QED) is 0.485. The van der Waals surface area contributed by atoms with Crippen LogP contribution in [0.15, 0.2) is 11.6 Å². The molecule has 8 nitrogen and oxygen atoms in total. The Kier molecular flexibility index (Phi) is 5.29. The smallest absolute Gasteiger partial charge is 0.333 e. The van der Waals surface area contributed by atoms with Crippen molar-refractivity contribution >= 4 is 17.9 Å². The maximum absolute atomic E-state index is 12.1. The van der Waals surface area contributed by atoms with Crippen LogP contribution in [-0.4, -0.2) is 52.2 Å². The summed E-state index contributed by atoms with van der Waals surface area (Å²) in [5, 5.41) is 22.8. The second kappa shape index (κ2) is 7.29. The highest BCUT2D eigenvalue weighted by atomic mass is 16.7. The first-order valence-electron chi connectivity index (χ1n) is 11.4. The fourth-order valence-corrected chi connectivity index (χ4v) is 7.73. The molecule has 32 heavy (non-hydrogen) atoms. The molecule has 0 aromatic carbocycles. The summed E-state index contributed by atoms with van der Waals surface area (Å²) in [6.45, 7) is 10.6. The van der Waals surface area contributed by atoms with Crippen molar-refractivity contribution in [1.82, 2.24) is 0 Å². The van der Waals surface area contributed by atoms with Gasteiger partial charge < -0.3 is 24.4 Å². The van der Waals surface area contributed by atoms with E-state index in [0.717, 1.165) is 0 Å². The second-order valence-electron chi connectivity index (χ2n) is 11.0. The van der Waals surface area contributed by atoms with Crippen LogP contribution in [0.4, 0.5) is 0 Å². The lowest BCUT2D eigenvalue weighted by molar-refractivity contribution is -0.277. The SMILES string of the molecule is CC(=O)OC1C(O)C2C(C)C3=CC(=O)OC3(O)CC2C2(C)CCC(OC(C)=O)C(C)(C)C12. The van der Waals surface area contributed by atoms with Gasteiger partial charge in [-0.25, -0.2) is 4.79 Å². The van der Waals surface area contributed by atoms with Crippen molar-refractivity contribution in [3.8, 4) is 0 Å². The van der Waals surface area contributed by atoms with Crippen LogP contribution in [0.25, 0.3) is 0 Å². The molecule has 2 N–H and O–H groups in total. The van der Waals surface area contributed by atoms with E-state index in [1.807, 2.05) is 20.8 Å². The summed E-state index contributed by atoms with van der Waals surface area (Å²) in [6.07, 6.45) is 0.549. The number of carbonyl (C=O) groups is 3. The molecule has 0 bridgehead atoms. The van der Waals surface area contributed by atoms with Crippen molar-refractivity contribution in [3.63, 3.8) is 0 Å². The molecule has 9 unspecified atom stereocenters. The molecule has 0 spiro atoms. The van der Waals surface area contributed by atoms with Gasteiger partial charge in [0, 0.05) is 43.3 Å². The van der Waals surface area contributed by atoms with Gasteiger partial charge >= 0.3 is 17.9 Å². The third-order valence-electron chi connectivity index (χ3n) is 8.83. The topological polar surface area (TPSA) is 119 Å². The predicted molar refractivity (Wildman–Crippen MR) is 112 cm³/mol. The van der Waals surface area contributed by atoms with E-state index >= 15 is 0 Å². The highest BCUT2D eigenvalue weighted by molar-refractivity contribution is 5.86. The third-order valence-corrected chi connectivity index (χ3v) is 8.83. The summed E-state index contributed by atoms with van der Waals surface area (Å²) in [6, 6.07) is 0. The summed E-state index contributed by atoms with van der Waals surface area (Å²) >= 11 is 0. The number of ether oxygens (including phenoxy) is 3. The molecule has 0 radical (unpaired) electrons. The molecule has 4 rings (SSSR count). The fraction of sp³-hybridized carbons (Fsp3) is 0.792. The zero-order chi connectivity index (χ0) is 23.8. The van der Waals surface area contributed by atoms with Crippen molar-refractivity contribution in [2.24, 2.45) is 34.5 Å². The molecular weight excluding hydrogens is 416 g/mol. The van der Waals surface area contributed by atoms with E-state index in [0.29, 0.717) is 18.4 Å². The standard InChI is InChI=1S/C24H34O8/c1-11-14-9-17(27)32-24(14,29)10-15-18(11)19(28)20(31-13(3)26)21-22(4,5)16(30-12(2)25)7-8-23(15,21)6/h9,11,15-16,18-21,28-29H,7-8,10H2,1-6H3. The average molecular weight is 451 g/mol. The number of aliphatic hydroxyl groups excluding tert-OH is 1. The van der Waals surface area contributed by atoms with Gasteiger partial charge in [0.05, 0.1) is 6.10 Å². The summed E-state index contributed by atoms with van der Waals surface area (Å²) in [4.78, 5) is 35.9. The molecule has 9 atom stereocenters. The van der Waals surface area contributed by atoms with Gasteiger partial charge in [-0.15, -0.1) is 0 Å². The van der Waals surface area contributed by atoms with Crippen LogP contribution in [0, 0.1) is 34.5 Å². The summed E-state index contributed by atoms with van der Waals surface area (Å²) < 4.78 is 16.8. The normalized spacial score (nSPS) is 46.7. The van der Waals surface area contributed by atoms with Crippen molar-refractivity contribution in [1.29, 1.82) is 0 Å². The first-order valence-corrected chi connectivity index (χ1v) is 11.4. The number of rotatable bonds is 2. The molecule has 0 aromatic heterocycles. The molecule has 178 valence electrons. The van der Waals surface area contributed by atoms with E-state index in [2.05, 4.69) is 6.92 Å². The van der Waals surface area contributed by atoms with E-state index in [9.17, 15) is 24.6 Å². The van der Waals surface area contributed by atoms with Crippen LogP contribution >= 0.6 is 0 Å². The molecule has 0 amide bonds. The summed E-state index contributed by atoms with van der Waals surface area (Å²) in [5.41, 5.74) is -0.604. The Bertz CT molecular complexity index is 877. The second-order valence-corrected chi connectivity index (χ2v) is 11.0. The van der Waals surface area contributed by atoms with Crippen LogP contribution in [0.3, 0.4) is 0 Å². The van der Waals surface area contributed by atoms with Crippen LogP contribution in [0.1, 0.15) is 60.8 Å². The minimum Gasteiger partial charge on any atom is -0.462 e. The Hall–Kier alpha value is -1.93. The molecular formula is C24H34O8. The molecule has 3 saturated carbocycles. The van der Waals surface area contributed by atoms with Gasteiger partial charge in [-0.3, -0.25) is 9.59 Å². The van der Waals surface area contributed by atoms with Gasteiger partial charge in [0.2, 0.25) is 5.79 Å². The molecule has 0 saturated heterocycles. The Morgan fingerprint density at radius 2 is 1.78 bits per heavy atom. The highest BCUT2D eigenvalue weighted by Crippen LogP contribution is 2.67. The lowest BCUT2D eigenvalue weighted by Crippen LogP contribution is -2.69. The van der Waals surface area contributed by atoms with Gasteiger partial charge in [-0.2, -0.15) is 0 Å². The Labute approximate surface area is 188 Å². The van der Waals surface area contributed by atoms with E-state index in [4.69, 9.17) is 14.2 Å². The first kappa shape index (κ1) is 23.2. The fourth-order valence-electron chi connectivity index (χ4n) is 7.73. The molecule has 0 aromatic rings. The molecule has 3 fully saturated rings. The van der Waals surface area contributed by atoms with Crippen LogP contribution in [0.5, 0.6) is 0 Å². The van der Waals surface area contributed by atoms with Gasteiger partial charge in [-0.1, -0.05) is 27.7 Å². The molecule has 4 aliphatic rings. The van der Waals surface area contributed by atoms with Gasteiger partial charge in [-0.05, 0) is 36.0 Å². The van der Waals surface area contributed by atoms with E-state index < -0.39 is 46.9 Å². The average Bonchev–Trinajstić information content (AvgIpc) is 2.96. The largest absolute Gasteiger partial charge is 0.462 e. The van der Waals surface area contributed by atoms with E-state index in [-0.39, 0.29) is 36.1 Å². The third kappa shape index (κ3) is 3.21. The molecule has 1 heterocycles. The number of aliphatic hydroxyl groups is 2. The maximum Gasteiger partial charge on any atom is 0.333 e. The van der Waals surface area contributed by atoms with Gasteiger partial charge in [0.1, 0.15) is 12.2 Å². The number of hydrogen-bond acceptors (Lipinski definition) is 8. The van der Waals surface area contributed by atoms with Crippen LogP contribution in [-0.2, 0) is 28.6 Å². The lowest BCUT2D eigenvalue weighted by Gasteiger charge is -2.66. The van der Waals surface area contributed by atoms with Crippen LogP contribution in [0.2, 0.25) is 0 Å². The van der Waals surface area contributed by atoms with Crippen LogP contribution < -0.4 is 0 Å². The zero-order valence-electron chi connectivity index (χ0n) is 19.6. The van der Waals surface area contributed by atoms with E-state index in [1.54, 1.807) is 0 Å². The molecule has 8 heteroatoms.